The van der Waals surface area contributed by atoms with E-state index in [1.54, 1.807) is 24.3 Å². The van der Waals surface area contributed by atoms with Crippen molar-refractivity contribution in [2.75, 3.05) is 0 Å². The van der Waals surface area contributed by atoms with E-state index in [0.29, 0.717) is 11.4 Å². The number of rotatable bonds is 7. The average Bonchev–Trinajstić information content (AvgIpc) is 3.15. The lowest BCUT2D eigenvalue weighted by molar-refractivity contribution is -0.139. The summed E-state index contributed by atoms with van der Waals surface area (Å²) in [7, 11) is 2.02. The highest BCUT2D eigenvalue weighted by atomic mass is 16.5. The van der Waals surface area contributed by atoms with Crippen LogP contribution in [0.1, 0.15) is 26.7 Å². The Balaban J connectivity index is 1.63. The molecule has 0 aliphatic heterocycles. The van der Waals surface area contributed by atoms with Crippen molar-refractivity contribution in [3.63, 3.8) is 0 Å². The first-order valence-corrected chi connectivity index (χ1v) is 9.56. The minimum absolute atomic E-state index is 0.0575. The maximum absolute atomic E-state index is 12.0. The van der Waals surface area contributed by atoms with Crippen LogP contribution in [0.3, 0.4) is 0 Å². The molecule has 28 heavy (non-hydrogen) atoms. The monoisotopic (exact) mass is 375 g/mol. The second-order valence-electron chi connectivity index (χ2n) is 6.68. The third-order valence-corrected chi connectivity index (χ3v) is 4.76. The molecule has 0 aliphatic carbocycles. The Kier molecular flexibility index (Phi) is 6.37. The summed E-state index contributed by atoms with van der Waals surface area (Å²) < 4.78 is 7.50. The lowest BCUT2D eigenvalue weighted by Crippen LogP contribution is -2.19. The Morgan fingerprint density at radius 2 is 1.50 bits per heavy atom. The molecule has 0 bridgehead atoms. The minimum atomic E-state index is -0.183. The number of carbonyl (C=O) groups excluding carboxylic acids is 1. The summed E-state index contributed by atoms with van der Waals surface area (Å²) in [6.07, 6.45) is 3.59. The van der Waals surface area contributed by atoms with Gasteiger partial charge < -0.3 is 9.30 Å². The normalized spacial score (nSPS) is 11.3. The van der Waals surface area contributed by atoms with Crippen LogP contribution in [0.25, 0.3) is 11.3 Å². The molecule has 144 valence electrons. The van der Waals surface area contributed by atoms with Crippen molar-refractivity contribution in [1.82, 2.24) is 4.57 Å². The quantitative estimate of drug-likeness (QED) is 0.271. The van der Waals surface area contributed by atoms with Gasteiger partial charge in [0.2, 0.25) is 0 Å². The fourth-order valence-electron chi connectivity index (χ4n) is 2.98. The first-order valence-electron chi connectivity index (χ1n) is 9.56. The number of aryl methyl sites for hydroxylation is 1. The number of nitrogens with zero attached hydrogens (tertiary/aromatic N) is 3. The van der Waals surface area contributed by atoms with E-state index in [1.807, 2.05) is 57.4 Å². The summed E-state index contributed by atoms with van der Waals surface area (Å²) in [6, 6.07) is 19.1. The number of benzene rings is 2. The molecule has 5 heteroatoms. The van der Waals surface area contributed by atoms with E-state index < -0.39 is 0 Å². The lowest BCUT2D eigenvalue weighted by atomic mass is 10.0. The maximum atomic E-state index is 12.0. The summed E-state index contributed by atoms with van der Waals surface area (Å²) in [5.74, 6) is 0.290. The Bertz CT molecular complexity index is 937. The molecular weight excluding hydrogens is 350 g/mol. The number of aromatic nitrogens is 1. The summed E-state index contributed by atoms with van der Waals surface area (Å²) in [6.45, 7) is 3.98. The van der Waals surface area contributed by atoms with Gasteiger partial charge in [-0.05, 0) is 66.9 Å². The van der Waals surface area contributed by atoms with Gasteiger partial charge in [0.15, 0.2) is 0 Å². The van der Waals surface area contributed by atoms with E-state index in [4.69, 9.17) is 4.74 Å². The molecule has 3 rings (SSSR count). The van der Waals surface area contributed by atoms with E-state index in [-0.39, 0.29) is 11.9 Å². The zero-order valence-electron chi connectivity index (χ0n) is 16.5. The topological polar surface area (TPSA) is 55.9 Å². The van der Waals surface area contributed by atoms with Crippen LogP contribution in [0.15, 0.2) is 77.1 Å². The standard InChI is InChI=1S/C23H25N3O2/c1-4-17(5-2)23(27)28-21-14-12-20(13-15-21)25-24-19-10-8-18(9-11-19)22-7-6-16-26(22)3/h6-17H,4-5H2,1-3H3. The van der Waals surface area contributed by atoms with Crippen LogP contribution in [0, 0.1) is 5.92 Å². The first-order chi connectivity index (χ1) is 13.6. The van der Waals surface area contributed by atoms with E-state index in [1.165, 1.54) is 0 Å². The van der Waals surface area contributed by atoms with Crippen LogP contribution in [0.5, 0.6) is 5.75 Å². The number of esters is 1. The second kappa shape index (κ2) is 9.13. The molecule has 0 radical (unpaired) electrons. The van der Waals surface area contributed by atoms with Gasteiger partial charge in [-0.15, -0.1) is 0 Å². The Labute approximate surface area is 165 Å². The molecule has 1 aromatic heterocycles. The SMILES string of the molecule is CCC(CC)C(=O)Oc1ccc(N=Nc2ccc(-c3cccn3C)cc2)cc1. The fourth-order valence-corrected chi connectivity index (χ4v) is 2.98. The van der Waals surface area contributed by atoms with Gasteiger partial charge >= 0.3 is 5.97 Å². The number of hydrogen-bond donors (Lipinski definition) is 0. The van der Waals surface area contributed by atoms with Gasteiger partial charge in [0.05, 0.1) is 17.3 Å². The predicted octanol–water partition coefficient (Wildman–Crippen LogP) is 6.45. The van der Waals surface area contributed by atoms with Gasteiger partial charge in [0.1, 0.15) is 5.75 Å². The molecule has 5 nitrogen and oxygen atoms in total. The van der Waals surface area contributed by atoms with E-state index in [9.17, 15) is 4.79 Å². The highest BCUT2D eigenvalue weighted by molar-refractivity contribution is 5.75. The molecule has 0 spiro atoms. The molecule has 0 N–H and O–H groups in total. The smallest absolute Gasteiger partial charge is 0.314 e. The van der Waals surface area contributed by atoms with Gasteiger partial charge in [-0.2, -0.15) is 10.2 Å². The molecular formula is C23H25N3O2. The molecule has 0 amide bonds. The van der Waals surface area contributed by atoms with Gasteiger partial charge in [-0.3, -0.25) is 4.79 Å². The number of hydrogen-bond acceptors (Lipinski definition) is 4. The number of carbonyl (C=O) groups is 1. The number of ether oxygens (including phenoxy) is 1. The van der Waals surface area contributed by atoms with Crippen molar-refractivity contribution in [2.24, 2.45) is 23.2 Å². The van der Waals surface area contributed by atoms with Crippen molar-refractivity contribution < 1.29 is 9.53 Å². The largest absolute Gasteiger partial charge is 0.426 e. The third kappa shape index (κ3) is 4.74. The molecule has 0 aliphatic rings. The summed E-state index contributed by atoms with van der Waals surface area (Å²) >= 11 is 0. The molecule has 0 atom stereocenters. The second-order valence-corrected chi connectivity index (χ2v) is 6.68. The third-order valence-electron chi connectivity index (χ3n) is 4.76. The molecule has 3 aromatic rings. The van der Waals surface area contributed by atoms with Crippen molar-refractivity contribution >= 4 is 17.3 Å². The van der Waals surface area contributed by atoms with Crippen molar-refractivity contribution in [3.8, 4) is 17.0 Å². The molecule has 0 unspecified atom stereocenters. The molecule has 0 saturated carbocycles. The van der Waals surface area contributed by atoms with Gasteiger partial charge in [0.25, 0.3) is 0 Å². The van der Waals surface area contributed by atoms with Gasteiger partial charge in [-0.1, -0.05) is 26.0 Å². The summed E-state index contributed by atoms with van der Waals surface area (Å²) in [5, 5.41) is 8.53. The van der Waals surface area contributed by atoms with Crippen LogP contribution in [0.4, 0.5) is 11.4 Å². The average molecular weight is 375 g/mol. The molecule has 0 fully saturated rings. The van der Waals surface area contributed by atoms with E-state index in [2.05, 4.69) is 20.9 Å². The van der Waals surface area contributed by atoms with Crippen LogP contribution >= 0.6 is 0 Å². The zero-order valence-corrected chi connectivity index (χ0v) is 16.5. The minimum Gasteiger partial charge on any atom is -0.426 e. The lowest BCUT2D eigenvalue weighted by Gasteiger charge is -2.11. The van der Waals surface area contributed by atoms with E-state index >= 15 is 0 Å². The summed E-state index contributed by atoms with van der Waals surface area (Å²) in [5.41, 5.74) is 3.77. The van der Waals surface area contributed by atoms with Gasteiger partial charge in [-0.25, -0.2) is 0 Å². The van der Waals surface area contributed by atoms with Crippen molar-refractivity contribution in [3.05, 3.63) is 66.9 Å². The van der Waals surface area contributed by atoms with Crippen LogP contribution in [-0.4, -0.2) is 10.5 Å². The van der Waals surface area contributed by atoms with Crippen molar-refractivity contribution in [2.45, 2.75) is 26.7 Å². The van der Waals surface area contributed by atoms with Crippen LogP contribution in [0.2, 0.25) is 0 Å². The fraction of sp³-hybridized carbons (Fsp3) is 0.261. The maximum Gasteiger partial charge on any atom is 0.314 e. The van der Waals surface area contributed by atoms with Gasteiger partial charge in [0, 0.05) is 18.9 Å². The van der Waals surface area contributed by atoms with Crippen LogP contribution in [-0.2, 0) is 11.8 Å². The van der Waals surface area contributed by atoms with Crippen LogP contribution < -0.4 is 4.74 Å². The van der Waals surface area contributed by atoms with Crippen molar-refractivity contribution in [1.29, 1.82) is 0 Å². The molecule has 2 aromatic carbocycles. The highest BCUT2D eigenvalue weighted by Gasteiger charge is 2.16. The van der Waals surface area contributed by atoms with E-state index in [0.717, 1.165) is 29.8 Å². The first kappa shape index (κ1) is 19.5. The number of azo groups is 1. The Hall–Kier alpha value is -3.21. The zero-order chi connectivity index (χ0) is 19.9. The Morgan fingerprint density at radius 1 is 0.929 bits per heavy atom. The predicted molar refractivity (Wildman–Crippen MR) is 111 cm³/mol. The summed E-state index contributed by atoms with van der Waals surface area (Å²) in [4.78, 5) is 12.0. The molecule has 0 saturated heterocycles. The Morgan fingerprint density at radius 3 is 2.00 bits per heavy atom. The molecule has 1 heterocycles. The highest BCUT2D eigenvalue weighted by Crippen LogP contribution is 2.25.